The van der Waals surface area contributed by atoms with Crippen molar-refractivity contribution < 1.29 is 9.90 Å². The van der Waals surface area contributed by atoms with E-state index in [2.05, 4.69) is 32.9 Å². The molecule has 0 unspecified atom stereocenters. The molecule has 0 aromatic heterocycles. The summed E-state index contributed by atoms with van der Waals surface area (Å²) < 4.78 is 0. The number of aliphatic carboxylic acids is 1. The second-order valence-electron chi connectivity index (χ2n) is 8.38. The Bertz CT molecular complexity index is 528. The second kappa shape index (κ2) is 5.54. The third-order valence-corrected chi connectivity index (χ3v) is 6.89. The van der Waals surface area contributed by atoms with E-state index in [1.807, 2.05) is 6.92 Å². The van der Waals surface area contributed by atoms with Gasteiger partial charge in [0.25, 0.3) is 0 Å². The van der Waals surface area contributed by atoms with E-state index in [0.717, 1.165) is 19.3 Å². The number of carboxylic acid groups (broad SMARTS) is 1. The van der Waals surface area contributed by atoms with Crippen LogP contribution in [-0.4, -0.2) is 11.1 Å². The average Bonchev–Trinajstić information content (AvgIpc) is 2.49. The maximum atomic E-state index is 11.9. The molecule has 2 heteroatoms. The van der Waals surface area contributed by atoms with Gasteiger partial charge in [0, 0.05) is 0 Å². The zero-order chi connectivity index (χ0) is 16.1. The summed E-state index contributed by atoms with van der Waals surface area (Å²) in [6, 6.07) is 0. The van der Waals surface area contributed by atoms with Gasteiger partial charge in [0.05, 0.1) is 5.41 Å². The molecule has 1 fully saturated rings. The van der Waals surface area contributed by atoms with Gasteiger partial charge in [-0.05, 0) is 74.2 Å². The molecule has 5 atom stereocenters. The number of hydrogen-bond donors (Lipinski definition) is 1. The molecule has 3 aliphatic rings. The molecule has 0 spiro atoms. The fraction of sp³-hybridized carbons (Fsp3) is 0.750. The van der Waals surface area contributed by atoms with Crippen molar-refractivity contribution in [2.45, 2.75) is 59.8 Å². The van der Waals surface area contributed by atoms with Gasteiger partial charge in [-0.2, -0.15) is 0 Å². The lowest BCUT2D eigenvalue weighted by atomic mass is 9.51. The summed E-state index contributed by atoms with van der Waals surface area (Å²) in [4.78, 5) is 11.9. The molecule has 22 heavy (non-hydrogen) atoms. The minimum Gasteiger partial charge on any atom is -0.481 e. The summed E-state index contributed by atoms with van der Waals surface area (Å²) in [7, 11) is 0. The highest BCUT2D eigenvalue weighted by Gasteiger charge is 2.53. The summed E-state index contributed by atoms with van der Waals surface area (Å²) in [5.41, 5.74) is 2.56. The van der Waals surface area contributed by atoms with Crippen LogP contribution in [0, 0.1) is 35.0 Å². The Balaban J connectivity index is 1.96. The number of carboxylic acids is 1. The summed E-state index contributed by atoms with van der Waals surface area (Å²) in [6.45, 7) is 8.91. The molecule has 0 aliphatic heterocycles. The number of carbonyl (C=O) groups is 1. The molecule has 0 aromatic rings. The van der Waals surface area contributed by atoms with Crippen molar-refractivity contribution in [1.82, 2.24) is 0 Å². The predicted octanol–water partition coefficient (Wildman–Crippen LogP) is 5.06. The van der Waals surface area contributed by atoms with Gasteiger partial charge in [-0.25, -0.2) is 0 Å². The normalized spacial score (nSPS) is 41.3. The maximum Gasteiger partial charge on any atom is 0.309 e. The molecule has 0 radical (unpaired) electrons. The number of fused-ring (bicyclic) bond motifs is 3. The quantitative estimate of drug-likeness (QED) is 0.774. The first kappa shape index (κ1) is 15.8. The van der Waals surface area contributed by atoms with Crippen LogP contribution < -0.4 is 0 Å². The van der Waals surface area contributed by atoms with Gasteiger partial charge >= 0.3 is 5.97 Å². The van der Waals surface area contributed by atoms with Crippen molar-refractivity contribution >= 4 is 5.97 Å². The lowest BCUT2D eigenvalue weighted by Crippen LogP contribution is -2.49. The van der Waals surface area contributed by atoms with E-state index < -0.39 is 11.4 Å². The highest BCUT2D eigenvalue weighted by Crippen LogP contribution is 2.57. The molecular formula is C20H30O2. The molecule has 0 aromatic carbocycles. The fourth-order valence-electron chi connectivity index (χ4n) is 5.31. The molecule has 0 saturated heterocycles. The standard InChI is InChI=1S/C20H30O2/c1-12(2)14-5-7-16-15(11-14)6-8-17-18(16)13(3)9-10-20(17,4)19(21)22/h6,11-13,16-18H,5,7-10H2,1-4H3,(H,21,22)/t13-,16-,17+,18+,20+/m0/s1. The topological polar surface area (TPSA) is 37.3 Å². The first-order chi connectivity index (χ1) is 10.3. The van der Waals surface area contributed by atoms with E-state index in [0.29, 0.717) is 29.6 Å². The largest absolute Gasteiger partial charge is 0.481 e. The fourth-order valence-corrected chi connectivity index (χ4v) is 5.31. The molecule has 2 nitrogen and oxygen atoms in total. The highest BCUT2D eigenvalue weighted by molar-refractivity contribution is 5.75. The van der Waals surface area contributed by atoms with Crippen LogP contribution in [0.25, 0.3) is 0 Å². The van der Waals surface area contributed by atoms with Crippen LogP contribution in [-0.2, 0) is 4.79 Å². The molecular weight excluding hydrogens is 272 g/mol. The number of rotatable bonds is 2. The van der Waals surface area contributed by atoms with Crippen LogP contribution in [0.1, 0.15) is 59.8 Å². The molecule has 0 heterocycles. The number of hydrogen-bond acceptors (Lipinski definition) is 1. The van der Waals surface area contributed by atoms with Crippen molar-refractivity contribution in [2.24, 2.45) is 35.0 Å². The first-order valence-corrected chi connectivity index (χ1v) is 8.98. The van der Waals surface area contributed by atoms with Crippen molar-refractivity contribution in [3.05, 3.63) is 23.3 Å². The Morgan fingerprint density at radius 2 is 2.09 bits per heavy atom. The van der Waals surface area contributed by atoms with Gasteiger partial charge in [-0.1, -0.05) is 38.5 Å². The molecule has 3 rings (SSSR count). The van der Waals surface area contributed by atoms with E-state index in [-0.39, 0.29) is 0 Å². The Morgan fingerprint density at radius 3 is 2.73 bits per heavy atom. The second-order valence-corrected chi connectivity index (χ2v) is 8.38. The van der Waals surface area contributed by atoms with Gasteiger partial charge in [-0.3, -0.25) is 4.79 Å². The molecule has 0 bridgehead atoms. The molecule has 3 aliphatic carbocycles. The van der Waals surface area contributed by atoms with Crippen LogP contribution in [0.2, 0.25) is 0 Å². The van der Waals surface area contributed by atoms with Crippen LogP contribution >= 0.6 is 0 Å². The van der Waals surface area contributed by atoms with Crippen molar-refractivity contribution in [3.63, 3.8) is 0 Å². The Labute approximate surface area is 134 Å². The monoisotopic (exact) mass is 302 g/mol. The van der Waals surface area contributed by atoms with E-state index in [1.165, 1.54) is 18.4 Å². The lowest BCUT2D eigenvalue weighted by Gasteiger charge is -2.52. The Morgan fingerprint density at radius 1 is 1.36 bits per heavy atom. The van der Waals surface area contributed by atoms with Crippen molar-refractivity contribution in [1.29, 1.82) is 0 Å². The van der Waals surface area contributed by atoms with Gasteiger partial charge < -0.3 is 5.11 Å². The first-order valence-electron chi connectivity index (χ1n) is 8.98. The predicted molar refractivity (Wildman–Crippen MR) is 89.5 cm³/mol. The van der Waals surface area contributed by atoms with E-state index >= 15 is 0 Å². The summed E-state index contributed by atoms with van der Waals surface area (Å²) in [5, 5.41) is 9.80. The van der Waals surface area contributed by atoms with Crippen LogP contribution in [0.15, 0.2) is 23.3 Å². The van der Waals surface area contributed by atoms with Crippen LogP contribution in [0.3, 0.4) is 0 Å². The smallest absolute Gasteiger partial charge is 0.309 e. The minimum absolute atomic E-state index is 0.316. The van der Waals surface area contributed by atoms with Gasteiger partial charge in [-0.15, -0.1) is 0 Å². The Kier molecular flexibility index (Phi) is 3.99. The van der Waals surface area contributed by atoms with Crippen molar-refractivity contribution in [2.75, 3.05) is 0 Å². The van der Waals surface area contributed by atoms with Gasteiger partial charge in [0.15, 0.2) is 0 Å². The average molecular weight is 302 g/mol. The zero-order valence-corrected chi connectivity index (χ0v) is 14.4. The highest BCUT2D eigenvalue weighted by atomic mass is 16.4. The van der Waals surface area contributed by atoms with Gasteiger partial charge in [0.2, 0.25) is 0 Å². The third-order valence-electron chi connectivity index (χ3n) is 6.89. The van der Waals surface area contributed by atoms with E-state index in [9.17, 15) is 9.90 Å². The lowest BCUT2D eigenvalue weighted by molar-refractivity contribution is -0.158. The van der Waals surface area contributed by atoms with Crippen LogP contribution in [0.5, 0.6) is 0 Å². The molecule has 1 saturated carbocycles. The molecule has 1 N–H and O–H groups in total. The minimum atomic E-state index is -0.583. The summed E-state index contributed by atoms with van der Waals surface area (Å²) in [5.74, 6) is 2.17. The Hall–Kier alpha value is -1.05. The van der Waals surface area contributed by atoms with Crippen LogP contribution in [0.4, 0.5) is 0 Å². The summed E-state index contributed by atoms with van der Waals surface area (Å²) in [6.07, 6.45) is 10.1. The maximum absolute atomic E-state index is 11.9. The molecule has 0 amide bonds. The number of allylic oxidation sites excluding steroid dienone is 4. The van der Waals surface area contributed by atoms with Crippen molar-refractivity contribution in [3.8, 4) is 0 Å². The van der Waals surface area contributed by atoms with E-state index in [4.69, 9.17) is 0 Å². The molecule has 122 valence electrons. The zero-order valence-electron chi connectivity index (χ0n) is 14.4. The summed E-state index contributed by atoms with van der Waals surface area (Å²) >= 11 is 0. The van der Waals surface area contributed by atoms with E-state index in [1.54, 1.807) is 5.57 Å². The van der Waals surface area contributed by atoms with Gasteiger partial charge in [0.1, 0.15) is 0 Å². The third kappa shape index (κ3) is 2.35. The SMILES string of the molecule is CC(C)C1=CC2=CC[C@@H]3[C@H]([C@@H](C)CC[C@@]3(C)C(=O)O)[C@H]2CC1.